The maximum atomic E-state index is 9.86. The molecule has 3 nitrogen and oxygen atoms in total. The molecule has 0 aliphatic heterocycles. The molecule has 0 amide bonds. The zero-order valence-electron chi connectivity index (χ0n) is 11.6. The van der Waals surface area contributed by atoms with E-state index in [4.69, 9.17) is 16.3 Å². The zero-order valence-corrected chi connectivity index (χ0v) is 12.4. The second kappa shape index (κ2) is 6.60. The predicted molar refractivity (Wildman–Crippen MR) is 77.7 cm³/mol. The van der Waals surface area contributed by atoms with Crippen molar-refractivity contribution in [2.24, 2.45) is 5.92 Å². The highest BCUT2D eigenvalue weighted by molar-refractivity contribution is 6.31. The summed E-state index contributed by atoms with van der Waals surface area (Å²) in [6.07, 6.45) is 3.08. The molecule has 2 unspecified atom stereocenters. The molecule has 0 radical (unpaired) electrons. The topological polar surface area (TPSA) is 32.7 Å². The van der Waals surface area contributed by atoms with Crippen LogP contribution in [0.1, 0.15) is 24.8 Å². The van der Waals surface area contributed by atoms with Crippen molar-refractivity contribution in [3.8, 4) is 5.75 Å². The largest absolute Gasteiger partial charge is 0.497 e. The Morgan fingerprint density at radius 2 is 2.21 bits per heavy atom. The number of methoxy groups -OCH3 is 1. The molecule has 2 rings (SSSR count). The molecule has 2 atom stereocenters. The molecule has 0 aromatic heterocycles. The maximum absolute atomic E-state index is 9.86. The molecule has 1 aliphatic carbocycles. The van der Waals surface area contributed by atoms with E-state index in [1.54, 1.807) is 7.11 Å². The number of nitrogens with zero attached hydrogens (tertiary/aromatic N) is 1. The lowest BCUT2D eigenvalue weighted by molar-refractivity contribution is 0.108. The molecule has 4 heteroatoms. The normalized spacial score (nSPS) is 23.0. The molecule has 1 N–H and O–H groups in total. The van der Waals surface area contributed by atoms with Crippen molar-refractivity contribution in [3.63, 3.8) is 0 Å². The summed E-state index contributed by atoms with van der Waals surface area (Å²) < 4.78 is 5.15. The summed E-state index contributed by atoms with van der Waals surface area (Å²) in [5, 5.41) is 10.6. The number of hydrogen-bond donors (Lipinski definition) is 1. The number of ether oxygens (including phenoxy) is 1. The van der Waals surface area contributed by atoms with Gasteiger partial charge in [0.15, 0.2) is 0 Å². The summed E-state index contributed by atoms with van der Waals surface area (Å²) in [5.41, 5.74) is 1.09. The van der Waals surface area contributed by atoms with Crippen molar-refractivity contribution in [3.05, 3.63) is 28.8 Å². The van der Waals surface area contributed by atoms with E-state index < -0.39 is 0 Å². The van der Waals surface area contributed by atoms with Gasteiger partial charge in [0.2, 0.25) is 0 Å². The van der Waals surface area contributed by atoms with Gasteiger partial charge in [-0.25, -0.2) is 0 Å². The highest BCUT2D eigenvalue weighted by Gasteiger charge is 2.26. The molecule has 1 aromatic carbocycles. The molecule has 1 saturated carbocycles. The number of aliphatic hydroxyl groups is 1. The fraction of sp³-hybridized carbons (Fsp3) is 0.600. The summed E-state index contributed by atoms with van der Waals surface area (Å²) in [4.78, 5) is 2.23. The molecule has 0 bridgehead atoms. The average Bonchev–Trinajstić information content (AvgIpc) is 2.77. The molecule has 106 valence electrons. The number of halogens is 1. The molecule has 1 fully saturated rings. The van der Waals surface area contributed by atoms with Crippen LogP contribution < -0.4 is 4.74 Å². The third-order valence-electron chi connectivity index (χ3n) is 3.87. The van der Waals surface area contributed by atoms with E-state index in [0.717, 1.165) is 48.7 Å². The highest BCUT2D eigenvalue weighted by atomic mass is 35.5. The Kier molecular flexibility index (Phi) is 5.08. The fourth-order valence-corrected chi connectivity index (χ4v) is 3.00. The van der Waals surface area contributed by atoms with E-state index in [0.29, 0.717) is 5.92 Å². The molecule has 19 heavy (non-hydrogen) atoms. The average molecular weight is 284 g/mol. The molecule has 0 spiro atoms. The van der Waals surface area contributed by atoms with Crippen molar-refractivity contribution in [2.75, 3.05) is 20.7 Å². The Hall–Kier alpha value is -0.770. The van der Waals surface area contributed by atoms with E-state index in [9.17, 15) is 5.11 Å². The second-order valence-corrected chi connectivity index (χ2v) is 5.82. The Morgan fingerprint density at radius 1 is 1.42 bits per heavy atom. The van der Waals surface area contributed by atoms with E-state index in [1.807, 2.05) is 18.2 Å². The minimum atomic E-state index is -0.131. The van der Waals surface area contributed by atoms with Gasteiger partial charge in [0, 0.05) is 18.1 Å². The van der Waals surface area contributed by atoms with Crippen LogP contribution in [0.5, 0.6) is 5.75 Å². The SMILES string of the molecule is COc1ccc(CN(C)CC2CCCC2O)c(Cl)c1. The first-order valence-electron chi connectivity index (χ1n) is 6.79. The number of rotatable bonds is 5. The van der Waals surface area contributed by atoms with Gasteiger partial charge in [0.05, 0.1) is 13.2 Å². The van der Waals surface area contributed by atoms with Crippen molar-refractivity contribution in [1.82, 2.24) is 4.90 Å². The van der Waals surface area contributed by atoms with E-state index in [2.05, 4.69) is 11.9 Å². The molecular weight excluding hydrogens is 262 g/mol. The van der Waals surface area contributed by atoms with Gasteiger partial charge >= 0.3 is 0 Å². The standard InChI is InChI=1S/C15H22ClNO2/c1-17(10-12-4-3-5-15(12)18)9-11-6-7-13(19-2)8-14(11)16/h6-8,12,15,18H,3-5,9-10H2,1-2H3. The van der Waals surface area contributed by atoms with Crippen molar-refractivity contribution in [2.45, 2.75) is 31.9 Å². The molecule has 1 aromatic rings. The van der Waals surface area contributed by atoms with Gasteiger partial charge in [-0.3, -0.25) is 0 Å². The fourth-order valence-electron chi connectivity index (χ4n) is 2.77. The summed E-state index contributed by atoms with van der Waals surface area (Å²) in [6, 6.07) is 5.78. The predicted octanol–water partition coefficient (Wildman–Crippen LogP) is 2.94. The molecular formula is C15H22ClNO2. The lowest BCUT2D eigenvalue weighted by Crippen LogP contribution is -2.29. The van der Waals surface area contributed by atoms with E-state index in [1.165, 1.54) is 0 Å². The minimum absolute atomic E-state index is 0.131. The van der Waals surface area contributed by atoms with Crippen LogP contribution in [0.3, 0.4) is 0 Å². The second-order valence-electron chi connectivity index (χ2n) is 5.41. The number of benzene rings is 1. The first-order chi connectivity index (χ1) is 9.10. The Morgan fingerprint density at radius 3 is 2.79 bits per heavy atom. The lowest BCUT2D eigenvalue weighted by atomic mass is 10.1. The van der Waals surface area contributed by atoms with Gasteiger partial charge in [-0.05, 0) is 43.5 Å². The molecule has 0 heterocycles. The van der Waals surface area contributed by atoms with Gasteiger partial charge in [0.1, 0.15) is 5.75 Å². The zero-order chi connectivity index (χ0) is 13.8. The highest BCUT2D eigenvalue weighted by Crippen LogP contribution is 2.27. The monoisotopic (exact) mass is 283 g/mol. The Labute approximate surface area is 120 Å². The van der Waals surface area contributed by atoms with Crippen molar-refractivity contribution in [1.29, 1.82) is 0 Å². The van der Waals surface area contributed by atoms with E-state index >= 15 is 0 Å². The minimum Gasteiger partial charge on any atom is -0.497 e. The Balaban J connectivity index is 1.93. The smallest absolute Gasteiger partial charge is 0.120 e. The number of hydrogen-bond acceptors (Lipinski definition) is 3. The first-order valence-corrected chi connectivity index (χ1v) is 7.17. The third-order valence-corrected chi connectivity index (χ3v) is 4.22. The van der Waals surface area contributed by atoms with Gasteiger partial charge in [-0.2, -0.15) is 0 Å². The van der Waals surface area contributed by atoms with Crippen LogP contribution in [0, 0.1) is 5.92 Å². The van der Waals surface area contributed by atoms with Gasteiger partial charge < -0.3 is 14.7 Å². The summed E-state index contributed by atoms with van der Waals surface area (Å²) in [6.45, 7) is 1.72. The Bertz CT molecular complexity index is 425. The first kappa shape index (κ1) is 14.6. The maximum Gasteiger partial charge on any atom is 0.120 e. The van der Waals surface area contributed by atoms with Crippen LogP contribution in [0.25, 0.3) is 0 Å². The van der Waals surface area contributed by atoms with E-state index in [-0.39, 0.29) is 6.10 Å². The van der Waals surface area contributed by atoms with Crippen LogP contribution in [-0.4, -0.2) is 36.8 Å². The van der Waals surface area contributed by atoms with Crippen LogP contribution in [0.2, 0.25) is 5.02 Å². The van der Waals surface area contributed by atoms with Crippen molar-refractivity contribution >= 4 is 11.6 Å². The van der Waals surface area contributed by atoms with Crippen LogP contribution in [0.4, 0.5) is 0 Å². The van der Waals surface area contributed by atoms with Gasteiger partial charge in [0.25, 0.3) is 0 Å². The van der Waals surface area contributed by atoms with Gasteiger partial charge in [-0.15, -0.1) is 0 Å². The summed E-state index contributed by atoms with van der Waals surface area (Å²) in [5.74, 6) is 1.18. The van der Waals surface area contributed by atoms with Crippen LogP contribution in [-0.2, 0) is 6.54 Å². The summed E-state index contributed by atoms with van der Waals surface area (Å²) >= 11 is 6.24. The third kappa shape index (κ3) is 3.85. The summed E-state index contributed by atoms with van der Waals surface area (Å²) in [7, 11) is 3.71. The lowest BCUT2D eigenvalue weighted by Gasteiger charge is -2.23. The molecule has 1 aliphatic rings. The molecule has 0 saturated heterocycles. The van der Waals surface area contributed by atoms with Crippen molar-refractivity contribution < 1.29 is 9.84 Å². The number of aliphatic hydroxyl groups excluding tert-OH is 1. The van der Waals surface area contributed by atoms with Gasteiger partial charge in [-0.1, -0.05) is 24.1 Å². The van der Waals surface area contributed by atoms with Crippen LogP contribution in [0.15, 0.2) is 18.2 Å². The van der Waals surface area contributed by atoms with Crippen LogP contribution >= 0.6 is 11.6 Å². The quantitative estimate of drug-likeness (QED) is 0.902.